The molecule has 0 saturated heterocycles. The molecule has 1 heterocycles. The van der Waals surface area contributed by atoms with E-state index in [2.05, 4.69) is 5.32 Å². The lowest BCUT2D eigenvalue weighted by Crippen LogP contribution is -2.40. The fourth-order valence-electron chi connectivity index (χ4n) is 4.11. The van der Waals surface area contributed by atoms with E-state index < -0.39 is 0 Å². The van der Waals surface area contributed by atoms with E-state index in [0.29, 0.717) is 29.3 Å². The maximum Gasteiger partial charge on any atom is 0.265 e. The van der Waals surface area contributed by atoms with Gasteiger partial charge in [0.15, 0.2) is 11.3 Å². The number of nitrogens with zero attached hydrogens (tertiary/aromatic N) is 1. The van der Waals surface area contributed by atoms with Gasteiger partial charge in [-0.3, -0.25) is 4.79 Å². The van der Waals surface area contributed by atoms with Crippen LogP contribution in [0.5, 0.6) is 5.75 Å². The highest BCUT2D eigenvalue weighted by Crippen LogP contribution is 2.36. The van der Waals surface area contributed by atoms with Crippen molar-refractivity contribution in [2.24, 2.45) is 0 Å². The Kier molecular flexibility index (Phi) is 6.78. The Morgan fingerprint density at radius 1 is 1.21 bits per heavy atom. The minimum absolute atomic E-state index is 0.0875. The molecule has 1 aromatic carbocycles. The molecule has 29 heavy (non-hydrogen) atoms. The van der Waals surface area contributed by atoms with E-state index >= 15 is 0 Å². The van der Waals surface area contributed by atoms with E-state index in [0.717, 1.165) is 53.6 Å². The number of carbonyl (C=O) groups is 1. The van der Waals surface area contributed by atoms with E-state index in [1.165, 1.54) is 6.42 Å². The smallest absolute Gasteiger partial charge is 0.265 e. The molecule has 5 nitrogen and oxygen atoms in total. The molecular formula is C24H32N2O3. The lowest BCUT2D eigenvalue weighted by atomic mass is 9.84. The Labute approximate surface area is 173 Å². The Balaban J connectivity index is 2.08. The monoisotopic (exact) mass is 396 g/mol. The summed E-state index contributed by atoms with van der Waals surface area (Å²) in [6, 6.07) is 7.54. The van der Waals surface area contributed by atoms with E-state index in [4.69, 9.17) is 4.74 Å². The normalized spacial score (nSPS) is 14.6. The molecule has 3 rings (SSSR count). The van der Waals surface area contributed by atoms with Crippen LogP contribution in [0.25, 0.3) is 0 Å². The molecule has 5 heteroatoms. The van der Waals surface area contributed by atoms with Gasteiger partial charge in [-0.1, -0.05) is 38.3 Å². The summed E-state index contributed by atoms with van der Waals surface area (Å²) in [5.41, 5.74) is 4.44. The highest BCUT2D eigenvalue weighted by molar-refractivity contribution is 6.07. The summed E-state index contributed by atoms with van der Waals surface area (Å²) in [6.45, 7) is 8.33. The number of aryl methyl sites for hydroxylation is 2. The Hall–Kier alpha value is -2.56. The number of nitrogens with one attached hydrogen (secondary N) is 1. The summed E-state index contributed by atoms with van der Waals surface area (Å²) in [7, 11) is 0. The van der Waals surface area contributed by atoms with Crippen LogP contribution in [0.2, 0.25) is 0 Å². The number of aromatic nitrogens is 1. The molecule has 0 aliphatic heterocycles. The van der Waals surface area contributed by atoms with E-state index in [9.17, 15) is 10.0 Å². The second-order valence-electron chi connectivity index (χ2n) is 8.09. The molecule has 1 saturated carbocycles. The van der Waals surface area contributed by atoms with Gasteiger partial charge in [-0.25, -0.2) is 0 Å². The van der Waals surface area contributed by atoms with Crippen molar-refractivity contribution in [2.75, 3.05) is 11.9 Å². The van der Waals surface area contributed by atoms with Gasteiger partial charge in [-0.2, -0.15) is 4.73 Å². The minimum Gasteiger partial charge on any atom is -0.618 e. The Bertz CT molecular complexity index is 886. The topological polar surface area (TPSA) is 65.3 Å². The molecule has 0 bridgehead atoms. The first kappa shape index (κ1) is 21.2. The van der Waals surface area contributed by atoms with Crippen molar-refractivity contribution in [1.82, 2.24) is 0 Å². The summed E-state index contributed by atoms with van der Waals surface area (Å²) in [5.74, 6) is 0.333. The third kappa shape index (κ3) is 4.55. The lowest BCUT2D eigenvalue weighted by molar-refractivity contribution is -0.622. The van der Waals surface area contributed by atoms with Crippen molar-refractivity contribution < 1.29 is 14.3 Å². The van der Waals surface area contributed by atoms with E-state index in [-0.39, 0.29) is 11.8 Å². The zero-order valence-electron chi connectivity index (χ0n) is 18.0. The van der Waals surface area contributed by atoms with Crippen molar-refractivity contribution in [1.29, 1.82) is 0 Å². The average Bonchev–Trinajstić information content (AvgIpc) is 2.72. The molecular weight excluding hydrogens is 364 g/mol. The van der Waals surface area contributed by atoms with Crippen LogP contribution >= 0.6 is 0 Å². The van der Waals surface area contributed by atoms with Crippen LogP contribution in [0, 0.1) is 26.0 Å². The summed E-state index contributed by atoms with van der Waals surface area (Å²) >= 11 is 0. The number of hydrogen-bond donors (Lipinski definition) is 1. The van der Waals surface area contributed by atoms with Gasteiger partial charge in [0, 0.05) is 24.6 Å². The van der Waals surface area contributed by atoms with Gasteiger partial charge in [0.05, 0.1) is 6.61 Å². The van der Waals surface area contributed by atoms with Gasteiger partial charge in [0.25, 0.3) is 5.91 Å². The van der Waals surface area contributed by atoms with Crippen LogP contribution in [-0.2, 0) is 0 Å². The van der Waals surface area contributed by atoms with Crippen LogP contribution < -0.4 is 14.8 Å². The number of amides is 1. The number of benzene rings is 1. The maximum atomic E-state index is 13.4. The fourth-order valence-corrected chi connectivity index (χ4v) is 4.11. The van der Waals surface area contributed by atoms with E-state index in [1.54, 1.807) is 13.0 Å². The Morgan fingerprint density at radius 2 is 1.93 bits per heavy atom. The molecule has 1 fully saturated rings. The quantitative estimate of drug-likeness (QED) is 0.530. The van der Waals surface area contributed by atoms with Crippen molar-refractivity contribution >= 4 is 11.6 Å². The molecule has 1 aliphatic rings. The molecule has 0 unspecified atom stereocenters. The van der Waals surface area contributed by atoms with Gasteiger partial charge in [-0.15, -0.1) is 0 Å². The summed E-state index contributed by atoms with van der Waals surface area (Å²) in [6.07, 6.45) is 6.06. The molecule has 2 aromatic rings. The average molecular weight is 397 g/mol. The molecule has 1 amide bonds. The minimum atomic E-state index is -0.269. The number of pyridine rings is 1. The molecule has 1 N–H and O–H groups in total. The highest BCUT2D eigenvalue weighted by Gasteiger charge is 2.33. The van der Waals surface area contributed by atoms with Gasteiger partial charge in [0.1, 0.15) is 5.75 Å². The predicted octanol–water partition coefficient (Wildman–Crippen LogP) is 5.33. The highest BCUT2D eigenvalue weighted by atomic mass is 16.5. The molecule has 1 aromatic heterocycles. The van der Waals surface area contributed by atoms with Crippen LogP contribution in [-0.4, -0.2) is 12.5 Å². The lowest BCUT2D eigenvalue weighted by Gasteiger charge is -2.24. The third-order valence-electron chi connectivity index (χ3n) is 5.92. The third-order valence-corrected chi connectivity index (χ3v) is 5.92. The predicted molar refractivity (Wildman–Crippen MR) is 116 cm³/mol. The van der Waals surface area contributed by atoms with Gasteiger partial charge in [-0.05, 0) is 50.3 Å². The molecule has 1 aliphatic carbocycles. The first-order valence-corrected chi connectivity index (χ1v) is 10.7. The maximum absolute atomic E-state index is 13.4. The molecule has 0 atom stereocenters. The number of hydrogen-bond acceptors (Lipinski definition) is 3. The number of rotatable bonds is 6. The first-order valence-electron chi connectivity index (χ1n) is 10.7. The number of carbonyl (C=O) groups excluding carboxylic acids is 1. The molecule has 0 spiro atoms. The second kappa shape index (κ2) is 9.29. The first-order chi connectivity index (χ1) is 13.9. The number of anilines is 1. The zero-order chi connectivity index (χ0) is 21.0. The Morgan fingerprint density at radius 3 is 2.62 bits per heavy atom. The van der Waals surface area contributed by atoms with Crippen LogP contribution in [0.4, 0.5) is 5.69 Å². The summed E-state index contributed by atoms with van der Waals surface area (Å²) in [5, 5.41) is 16.1. The number of ether oxygens (including phenoxy) is 1. The summed E-state index contributed by atoms with van der Waals surface area (Å²) in [4.78, 5) is 13.4. The van der Waals surface area contributed by atoms with Crippen LogP contribution in [0.3, 0.4) is 0 Å². The second-order valence-corrected chi connectivity index (χ2v) is 8.09. The van der Waals surface area contributed by atoms with Gasteiger partial charge >= 0.3 is 0 Å². The van der Waals surface area contributed by atoms with Crippen molar-refractivity contribution in [3.63, 3.8) is 0 Å². The zero-order valence-corrected chi connectivity index (χ0v) is 18.0. The fraction of sp³-hybridized carbons (Fsp3) is 0.500. The largest absolute Gasteiger partial charge is 0.618 e. The van der Waals surface area contributed by atoms with Gasteiger partial charge in [0.2, 0.25) is 5.69 Å². The summed E-state index contributed by atoms with van der Waals surface area (Å²) < 4.78 is 6.90. The molecule has 0 radical (unpaired) electrons. The van der Waals surface area contributed by atoms with Gasteiger partial charge < -0.3 is 15.3 Å². The van der Waals surface area contributed by atoms with Crippen LogP contribution in [0.15, 0.2) is 24.3 Å². The van der Waals surface area contributed by atoms with Crippen molar-refractivity contribution in [3.05, 3.63) is 57.6 Å². The van der Waals surface area contributed by atoms with Crippen molar-refractivity contribution in [3.8, 4) is 5.75 Å². The van der Waals surface area contributed by atoms with Crippen LogP contribution in [0.1, 0.15) is 84.2 Å². The van der Waals surface area contributed by atoms with E-state index in [1.807, 2.05) is 39.0 Å². The standard InChI is InChI=1S/C24H32N2O3/c1-5-14-29-21-15-17(3)26(28)23(19-11-7-6-8-12-19)22(21)24(27)25-20-13-9-10-16(2)18(20)4/h9-10,13,15,19H,5-8,11-12,14H2,1-4H3,(H,25,27). The molecule has 156 valence electrons. The van der Waals surface area contributed by atoms with Crippen molar-refractivity contribution in [2.45, 2.75) is 72.1 Å². The SMILES string of the molecule is CCCOc1cc(C)[n+]([O-])c(C2CCCCC2)c1C(=O)Nc1cccc(C)c1C.